The number of ether oxygens (including phenoxy) is 2. The second-order valence-corrected chi connectivity index (χ2v) is 7.16. The number of aromatic nitrogens is 1. The number of para-hydroxylation sites is 1. The highest BCUT2D eigenvalue weighted by Crippen LogP contribution is 2.30. The number of ketones is 1. The van der Waals surface area contributed by atoms with Crippen molar-refractivity contribution in [2.24, 2.45) is 0 Å². The van der Waals surface area contributed by atoms with Crippen molar-refractivity contribution in [3.8, 4) is 5.88 Å². The maximum Gasteiger partial charge on any atom is 0.515 e. The van der Waals surface area contributed by atoms with Crippen LogP contribution in [-0.4, -0.2) is 23.5 Å². The van der Waals surface area contributed by atoms with E-state index in [1.807, 2.05) is 24.3 Å². The van der Waals surface area contributed by atoms with Crippen molar-refractivity contribution in [2.45, 2.75) is 78.1 Å². The molecule has 0 spiro atoms. The van der Waals surface area contributed by atoms with Crippen LogP contribution in [0.25, 0.3) is 10.9 Å². The van der Waals surface area contributed by atoms with Gasteiger partial charge in [0.25, 0.3) is 0 Å². The standard InChI is InChI=1S/C23H33NO4/c1-3-5-6-7-8-9-10-11-12-17-20(25)21-18-15-13-14-16-19(18)24-22(21)28-23(26)27-4-2/h13-16,24H,3-12,17H2,1-2H3. The molecule has 0 aliphatic rings. The van der Waals surface area contributed by atoms with Gasteiger partial charge in [0.2, 0.25) is 5.88 Å². The zero-order valence-corrected chi connectivity index (χ0v) is 17.2. The summed E-state index contributed by atoms with van der Waals surface area (Å²) in [5, 5.41) is 0.780. The Kier molecular flexibility index (Phi) is 9.60. The van der Waals surface area contributed by atoms with Crippen LogP contribution in [0.4, 0.5) is 4.79 Å². The highest BCUT2D eigenvalue weighted by Gasteiger charge is 2.21. The molecule has 0 bridgehead atoms. The molecule has 154 valence electrons. The number of unbranched alkanes of at least 4 members (excludes halogenated alkanes) is 8. The fourth-order valence-corrected chi connectivity index (χ4v) is 3.42. The normalized spacial score (nSPS) is 10.9. The summed E-state index contributed by atoms with van der Waals surface area (Å²) in [5.41, 5.74) is 1.22. The Bertz CT molecular complexity index is 750. The lowest BCUT2D eigenvalue weighted by atomic mass is 10.0. The molecule has 0 radical (unpaired) electrons. The second kappa shape index (κ2) is 12.2. The number of H-pyrrole nitrogens is 1. The van der Waals surface area contributed by atoms with E-state index in [4.69, 9.17) is 9.47 Å². The Hall–Kier alpha value is -2.30. The molecule has 2 rings (SSSR count). The van der Waals surface area contributed by atoms with Crippen molar-refractivity contribution in [3.05, 3.63) is 29.8 Å². The average Bonchev–Trinajstić information content (AvgIpc) is 3.04. The van der Waals surface area contributed by atoms with Crippen LogP contribution in [0, 0.1) is 0 Å². The molecular weight excluding hydrogens is 354 g/mol. The fourth-order valence-electron chi connectivity index (χ4n) is 3.42. The first kappa shape index (κ1) is 22.0. The molecule has 1 aromatic carbocycles. The molecule has 0 fully saturated rings. The number of rotatable bonds is 13. The average molecular weight is 388 g/mol. The number of carbonyl (C=O) groups is 2. The van der Waals surface area contributed by atoms with Gasteiger partial charge in [-0.1, -0.05) is 76.5 Å². The molecule has 1 N–H and O–H groups in total. The van der Waals surface area contributed by atoms with Crippen LogP contribution in [0.1, 0.15) is 88.4 Å². The monoisotopic (exact) mass is 387 g/mol. The molecule has 0 unspecified atom stereocenters. The number of hydrogen-bond donors (Lipinski definition) is 1. The Labute approximate surface area is 167 Å². The van der Waals surface area contributed by atoms with Crippen molar-refractivity contribution in [1.29, 1.82) is 0 Å². The zero-order chi connectivity index (χ0) is 20.2. The molecular formula is C23H33NO4. The predicted molar refractivity (Wildman–Crippen MR) is 112 cm³/mol. The summed E-state index contributed by atoms with van der Waals surface area (Å²) >= 11 is 0. The minimum absolute atomic E-state index is 0.000283. The van der Waals surface area contributed by atoms with E-state index in [2.05, 4.69) is 11.9 Å². The lowest BCUT2D eigenvalue weighted by Crippen LogP contribution is -2.12. The molecule has 0 amide bonds. The Balaban J connectivity index is 1.88. The number of fused-ring (bicyclic) bond motifs is 1. The van der Waals surface area contributed by atoms with Crippen LogP contribution in [0.2, 0.25) is 0 Å². The Morgan fingerprint density at radius 2 is 1.54 bits per heavy atom. The molecule has 5 nitrogen and oxygen atoms in total. The molecule has 0 saturated heterocycles. The molecule has 0 aliphatic carbocycles. The van der Waals surface area contributed by atoms with Gasteiger partial charge < -0.3 is 14.5 Å². The number of carbonyl (C=O) groups excluding carboxylic acids is 2. The predicted octanol–water partition coefficient (Wildman–Crippen LogP) is 6.81. The number of nitrogens with one attached hydrogen (secondary N) is 1. The van der Waals surface area contributed by atoms with Crippen LogP contribution < -0.4 is 4.74 Å². The van der Waals surface area contributed by atoms with Crippen molar-refractivity contribution in [1.82, 2.24) is 4.98 Å². The molecule has 0 atom stereocenters. The minimum Gasteiger partial charge on any atom is -0.434 e. The van der Waals surface area contributed by atoms with Gasteiger partial charge in [-0.05, 0) is 19.4 Å². The van der Waals surface area contributed by atoms with E-state index < -0.39 is 6.16 Å². The molecule has 5 heteroatoms. The lowest BCUT2D eigenvalue weighted by molar-refractivity contribution is 0.0959. The summed E-state index contributed by atoms with van der Waals surface area (Å²) < 4.78 is 10.1. The van der Waals surface area contributed by atoms with Gasteiger partial charge in [-0.2, -0.15) is 0 Å². The lowest BCUT2D eigenvalue weighted by Gasteiger charge is -2.06. The van der Waals surface area contributed by atoms with E-state index in [-0.39, 0.29) is 18.3 Å². The van der Waals surface area contributed by atoms with Gasteiger partial charge in [0.05, 0.1) is 12.2 Å². The van der Waals surface area contributed by atoms with Crippen LogP contribution in [0.15, 0.2) is 24.3 Å². The smallest absolute Gasteiger partial charge is 0.434 e. The minimum atomic E-state index is -0.800. The third-order valence-electron chi connectivity index (χ3n) is 4.91. The SMILES string of the molecule is CCCCCCCCCCCC(=O)c1c(OC(=O)OCC)[nH]c2ccccc12. The van der Waals surface area contributed by atoms with Gasteiger partial charge in [0.1, 0.15) is 0 Å². The van der Waals surface area contributed by atoms with Gasteiger partial charge >= 0.3 is 6.16 Å². The van der Waals surface area contributed by atoms with Crippen LogP contribution in [-0.2, 0) is 4.74 Å². The third kappa shape index (κ3) is 6.70. The topological polar surface area (TPSA) is 68.4 Å². The number of aromatic amines is 1. The van der Waals surface area contributed by atoms with Crippen LogP contribution in [0.5, 0.6) is 5.88 Å². The van der Waals surface area contributed by atoms with Crippen molar-refractivity contribution in [3.63, 3.8) is 0 Å². The summed E-state index contributed by atoms with van der Waals surface area (Å²) in [5.74, 6) is 0.181. The summed E-state index contributed by atoms with van der Waals surface area (Å²) in [7, 11) is 0. The van der Waals surface area contributed by atoms with Crippen molar-refractivity contribution < 1.29 is 19.1 Å². The highest BCUT2D eigenvalue weighted by atomic mass is 16.7. The van der Waals surface area contributed by atoms with Crippen molar-refractivity contribution in [2.75, 3.05) is 6.61 Å². The number of benzene rings is 1. The highest BCUT2D eigenvalue weighted by molar-refractivity contribution is 6.10. The van der Waals surface area contributed by atoms with Gasteiger partial charge in [0.15, 0.2) is 5.78 Å². The van der Waals surface area contributed by atoms with Gasteiger partial charge in [-0.15, -0.1) is 0 Å². The quantitative estimate of drug-likeness (QED) is 0.233. The molecule has 1 aromatic heterocycles. The summed E-state index contributed by atoms with van der Waals surface area (Å²) in [4.78, 5) is 27.6. The first-order valence-electron chi connectivity index (χ1n) is 10.7. The first-order valence-corrected chi connectivity index (χ1v) is 10.7. The number of Topliss-reactive ketones (excluding diaryl/α,β-unsaturated/α-hetero) is 1. The van der Waals surface area contributed by atoms with Gasteiger partial charge in [0, 0.05) is 17.3 Å². The second-order valence-electron chi connectivity index (χ2n) is 7.16. The summed E-state index contributed by atoms with van der Waals surface area (Å²) in [6.45, 7) is 4.16. The molecule has 28 heavy (non-hydrogen) atoms. The van der Waals surface area contributed by atoms with Crippen LogP contribution >= 0.6 is 0 Å². The van der Waals surface area contributed by atoms with E-state index in [0.717, 1.165) is 23.7 Å². The van der Waals surface area contributed by atoms with E-state index in [0.29, 0.717) is 12.0 Å². The van der Waals surface area contributed by atoms with E-state index in [1.165, 1.54) is 44.9 Å². The third-order valence-corrected chi connectivity index (χ3v) is 4.91. The largest absolute Gasteiger partial charge is 0.515 e. The summed E-state index contributed by atoms with van der Waals surface area (Å²) in [6.07, 6.45) is 10.5. The van der Waals surface area contributed by atoms with Crippen molar-refractivity contribution >= 4 is 22.8 Å². The van der Waals surface area contributed by atoms with E-state index >= 15 is 0 Å². The van der Waals surface area contributed by atoms with E-state index in [1.54, 1.807) is 6.92 Å². The van der Waals surface area contributed by atoms with E-state index in [9.17, 15) is 9.59 Å². The maximum absolute atomic E-state index is 12.8. The van der Waals surface area contributed by atoms with Crippen LogP contribution in [0.3, 0.4) is 0 Å². The Morgan fingerprint density at radius 1 is 0.893 bits per heavy atom. The van der Waals surface area contributed by atoms with Gasteiger partial charge in [-0.3, -0.25) is 4.79 Å². The molecule has 0 saturated carbocycles. The fraction of sp³-hybridized carbons (Fsp3) is 0.565. The molecule has 2 aromatic rings. The maximum atomic E-state index is 12.8. The molecule has 1 heterocycles. The zero-order valence-electron chi connectivity index (χ0n) is 17.2. The first-order chi connectivity index (χ1) is 13.7. The summed E-state index contributed by atoms with van der Waals surface area (Å²) in [6, 6.07) is 7.48. The Morgan fingerprint density at radius 3 is 2.21 bits per heavy atom. The molecule has 0 aliphatic heterocycles. The number of hydrogen-bond acceptors (Lipinski definition) is 4. The van der Waals surface area contributed by atoms with Gasteiger partial charge in [-0.25, -0.2) is 4.79 Å².